The van der Waals surface area contributed by atoms with Crippen molar-refractivity contribution in [3.63, 3.8) is 0 Å². The van der Waals surface area contributed by atoms with E-state index in [1.54, 1.807) is 7.11 Å². The second-order valence-corrected chi connectivity index (χ2v) is 5.43. The zero-order valence-electron chi connectivity index (χ0n) is 13.3. The van der Waals surface area contributed by atoms with E-state index in [1.165, 1.54) is 17.5 Å². The number of hydrogen-bond donors (Lipinski definition) is 1. The van der Waals surface area contributed by atoms with Gasteiger partial charge in [-0.25, -0.2) is 0 Å². The van der Waals surface area contributed by atoms with Gasteiger partial charge in [0.1, 0.15) is 5.75 Å². The first-order chi connectivity index (χ1) is 9.74. The zero-order chi connectivity index (χ0) is 14.5. The number of rotatable bonds is 6. The van der Waals surface area contributed by atoms with Crippen molar-refractivity contribution < 1.29 is 4.74 Å². The molecule has 1 aliphatic rings. The Bertz CT molecular complexity index is 429. The molecule has 2 rings (SSSR count). The van der Waals surface area contributed by atoms with Gasteiger partial charge < -0.3 is 10.1 Å². The van der Waals surface area contributed by atoms with E-state index in [4.69, 9.17) is 4.74 Å². The molecule has 0 amide bonds. The van der Waals surface area contributed by atoms with Gasteiger partial charge in [-0.1, -0.05) is 26.8 Å². The molecular formula is C17H28N2O. The fourth-order valence-electron chi connectivity index (χ4n) is 3.46. The second kappa shape index (κ2) is 7.09. The summed E-state index contributed by atoms with van der Waals surface area (Å²) < 4.78 is 5.36. The number of likely N-dealkylation sites (N-methyl/N-ethyl adjacent to an activating group) is 2. The van der Waals surface area contributed by atoms with Crippen LogP contribution in [-0.2, 0) is 6.42 Å². The van der Waals surface area contributed by atoms with Crippen LogP contribution in [0.4, 0.5) is 0 Å². The van der Waals surface area contributed by atoms with Gasteiger partial charge in [0.25, 0.3) is 0 Å². The van der Waals surface area contributed by atoms with Gasteiger partial charge in [-0.05, 0) is 55.7 Å². The number of benzene rings is 1. The van der Waals surface area contributed by atoms with E-state index in [0.29, 0.717) is 12.1 Å². The Labute approximate surface area is 123 Å². The molecule has 0 fully saturated rings. The number of aryl methyl sites for hydroxylation is 1. The molecule has 3 heteroatoms. The lowest BCUT2D eigenvalue weighted by molar-refractivity contribution is 0.155. The smallest absolute Gasteiger partial charge is 0.119 e. The Hall–Kier alpha value is -1.06. The topological polar surface area (TPSA) is 24.5 Å². The molecule has 2 unspecified atom stereocenters. The zero-order valence-corrected chi connectivity index (χ0v) is 13.3. The van der Waals surface area contributed by atoms with Crippen LogP contribution in [0, 0.1) is 0 Å². The molecule has 2 atom stereocenters. The van der Waals surface area contributed by atoms with Gasteiger partial charge in [-0.3, -0.25) is 4.90 Å². The third-order valence-electron chi connectivity index (χ3n) is 4.48. The highest BCUT2D eigenvalue weighted by Gasteiger charge is 2.32. The number of methoxy groups -OCH3 is 1. The Morgan fingerprint density at radius 1 is 1.25 bits per heavy atom. The van der Waals surface area contributed by atoms with Crippen LogP contribution >= 0.6 is 0 Å². The van der Waals surface area contributed by atoms with Crippen molar-refractivity contribution in [3.05, 3.63) is 29.3 Å². The largest absolute Gasteiger partial charge is 0.497 e. The highest BCUT2D eigenvalue weighted by atomic mass is 16.5. The summed E-state index contributed by atoms with van der Waals surface area (Å²) in [4.78, 5) is 2.58. The maximum Gasteiger partial charge on any atom is 0.119 e. The van der Waals surface area contributed by atoms with Crippen molar-refractivity contribution in [3.8, 4) is 5.75 Å². The van der Waals surface area contributed by atoms with Crippen LogP contribution in [0.3, 0.4) is 0 Å². The number of nitrogens with one attached hydrogen (secondary N) is 1. The van der Waals surface area contributed by atoms with Gasteiger partial charge in [0.2, 0.25) is 0 Å². The number of fused-ring (bicyclic) bond motifs is 1. The summed E-state index contributed by atoms with van der Waals surface area (Å²) in [6.07, 6.45) is 2.37. The van der Waals surface area contributed by atoms with Gasteiger partial charge in [-0.2, -0.15) is 0 Å². The lowest BCUT2D eigenvalue weighted by Crippen LogP contribution is -2.47. The van der Waals surface area contributed by atoms with Crippen LogP contribution < -0.4 is 10.1 Å². The minimum atomic E-state index is 0.439. The summed E-state index contributed by atoms with van der Waals surface area (Å²) in [6.45, 7) is 9.96. The molecule has 0 heterocycles. The lowest BCUT2D eigenvalue weighted by atomic mass is 9.83. The third kappa shape index (κ3) is 2.99. The van der Waals surface area contributed by atoms with Gasteiger partial charge in [0.05, 0.1) is 7.11 Å². The van der Waals surface area contributed by atoms with Crippen LogP contribution in [0.1, 0.15) is 44.4 Å². The fourth-order valence-corrected chi connectivity index (χ4v) is 3.46. The maximum absolute atomic E-state index is 5.36. The standard InChI is InChI=1S/C17H28N2O/c1-5-18-17-15-10-9-14(20-4)12-13(15)8-11-16(17)19(6-2)7-3/h9-10,12,16-18H,5-8,11H2,1-4H3. The van der Waals surface area contributed by atoms with Crippen LogP contribution in [0.5, 0.6) is 5.75 Å². The molecule has 0 spiro atoms. The average Bonchev–Trinajstić information content (AvgIpc) is 2.49. The summed E-state index contributed by atoms with van der Waals surface area (Å²) >= 11 is 0. The first-order valence-electron chi connectivity index (χ1n) is 7.89. The maximum atomic E-state index is 5.36. The van der Waals surface area contributed by atoms with Crippen molar-refractivity contribution in [1.29, 1.82) is 0 Å². The van der Waals surface area contributed by atoms with E-state index < -0.39 is 0 Å². The first-order valence-corrected chi connectivity index (χ1v) is 7.89. The Morgan fingerprint density at radius 2 is 2.00 bits per heavy atom. The van der Waals surface area contributed by atoms with E-state index in [2.05, 4.69) is 49.2 Å². The highest BCUT2D eigenvalue weighted by Crippen LogP contribution is 2.34. The Kier molecular flexibility index (Phi) is 5.44. The van der Waals surface area contributed by atoms with Crippen molar-refractivity contribution in [1.82, 2.24) is 10.2 Å². The summed E-state index contributed by atoms with van der Waals surface area (Å²) in [5.74, 6) is 0.972. The normalized spacial score (nSPS) is 21.9. The molecule has 20 heavy (non-hydrogen) atoms. The molecule has 0 saturated carbocycles. The summed E-state index contributed by atoms with van der Waals surface area (Å²) in [5.41, 5.74) is 2.90. The van der Waals surface area contributed by atoms with Gasteiger partial charge in [-0.15, -0.1) is 0 Å². The number of hydrogen-bond acceptors (Lipinski definition) is 3. The third-order valence-corrected chi connectivity index (χ3v) is 4.48. The minimum Gasteiger partial charge on any atom is -0.497 e. The molecule has 0 saturated heterocycles. The van der Waals surface area contributed by atoms with Crippen LogP contribution in [0.25, 0.3) is 0 Å². The van der Waals surface area contributed by atoms with E-state index in [9.17, 15) is 0 Å². The Balaban J connectivity index is 2.32. The summed E-state index contributed by atoms with van der Waals surface area (Å²) in [5, 5.41) is 3.69. The van der Waals surface area contributed by atoms with E-state index in [1.807, 2.05) is 0 Å². The predicted octanol–water partition coefficient (Wildman–Crippen LogP) is 3.00. The quantitative estimate of drug-likeness (QED) is 0.864. The molecule has 0 aliphatic heterocycles. The van der Waals surface area contributed by atoms with Crippen LogP contribution in [-0.4, -0.2) is 37.7 Å². The van der Waals surface area contributed by atoms with Crippen LogP contribution in [0.2, 0.25) is 0 Å². The minimum absolute atomic E-state index is 0.439. The highest BCUT2D eigenvalue weighted by molar-refractivity contribution is 5.40. The van der Waals surface area contributed by atoms with E-state index >= 15 is 0 Å². The summed E-state index contributed by atoms with van der Waals surface area (Å²) in [6, 6.07) is 7.59. The molecule has 3 nitrogen and oxygen atoms in total. The second-order valence-electron chi connectivity index (χ2n) is 5.43. The van der Waals surface area contributed by atoms with Gasteiger partial charge >= 0.3 is 0 Å². The molecule has 1 aromatic carbocycles. The monoisotopic (exact) mass is 276 g/mol. The molecule has 1 N–H and O–H groups in total. The van der Waals surface area contributed by atoms with Gasteiger partial charge in [0.15, 0.2) is 0 Å². The predicted molar refractivity (Wildman–Crippen MR) is 84.4 cm³/mol. The molecular weight excluding hydrogens is 248 g/mol. The van der Waals surface area contributed by atoms with Gasteiger partial charge in [0, 0.05) is 12.1 Å². The Morgan fingerprint density at radius 3 is 2.60 bits per heavy atom. The number of ether oxygens (including phenoxy) is 1. The molecule has 1 aliphatic carbocycles. The van der Waals surface area contributed by atoms with E-state index in [-0.39, 0.29) is 0 Å². The van der Waals surface area contributed by atoms with E-state index in [0.717, 1.165) is 31.8 Å². The molecule has 0 aromatic heterocycles. The van der Waals surface area contributed by atoms with Crippen molar-refractivity contribution >= 4 is 0 Å². The van der Waals surface area contributed by atoms with Crippen molar-refractivity contribution in [2.24, 2.45) is 0 Å². The van der Waals surface area contributed by atoms with Crippen LogP contribution in [0.15, 0.2) is 18.2 Å². The molecule has 0 radical (unpaired) electrons. The summed E-state index contributed by atoms with van der Waals surface area (Å²) in [7, 11) is 1.74. The first kappa shape index (κ1) is 15.3. The molecule has 112 valence electrons. The van der Waals surface area contributed by atoms with Crippen molar-refractivity contribution in [2.75, 3.05) is 26.7 Å². The fraction of sp³-hybridized carbons (Fsp3) is 0.647. The number of nitrogens with zero attached hydrogens (tertiary/aromatic N) is 1. The van der Waals surface area contributed by atoms with Crippen molar-refractivity contribution in [2.45, 2.75) is 45.7 Å². The molecule has 0 bridgehead atoms. The SMILES string of the molecule is CCNC1c2ccc(OC)cc2CCC1N(CC)CC. The average molecular weight is 276 g/mol. The molecule has 1 aromatic rings. The lowest BCUT2D eigenvalue weighted by Gasteiger charge is -2.40.